The van der Waals surface area contributed by atoms with Crippen LogP contribution in [0.2, 0.25) is 0 Å². The zero-order chi connectivity index (χ0) is 13.0. The molecule has 1 aliphatic rings. The Morgan fingerprint density at radius 1 is 1.32 bits per heavy atom. The van der Waals surface area contributed by atoms with Gasteiger partial charge < -0.3 is 15.2 Å². The van der Waals surface area contributed by atoms with Crippen LogP contribution in [0.15, 0.2) is 18.2 Å². The maximum absolute atomic E-state index is 6.09. The number of hydrogen-bond acceptors (Lipinski definition) is 3. The van der Waals surface area contributed by atoms with Gasteiger partial charge in [-0.2, -0.15) is 0 Å². The van der Waals surface area contributed by atoms with Crippen LogP contribution in [0.3, 0.4) is 0 Å². The highest BCUT2D eigenvalue weighted by Gasteiger charge is 2.24. The Balaban J connectivity index is 0.00000180. The molecule has 108 valence electrons. The summed E-state index contributed by atoms with van der Waals surface area (Å²) in [7, 11) is 1.64. The standard InChI is InChI=1S/C14H20ClNO2.ClH/c1-17-11-6-7-13(10(8-11)9-15)18-14-5-3-2-4-12(14)16;/h6-8,12,14H,2-5,9,16H2,1H3;1H/t12-,14+;/m1./s1. The second-order valence-electron chi connectivity index (χ2n) is 4.71. The molecule has 1 fully saturated rings. The normalized spacial score (nSPS) is 22.5. The molecule has 0 heterocycles. The predicted octanol–water partition coefficient (Wildman–Crippen LogP) is 3.50. The van der Waals surface area contributed by atoms with Crippen molar-refractivity contribution < 1.29 is 9.47 Å². The van der Waals surface area contributed by atoms with Gasteiger partial charge in [0.25, 0.3) is 0 Å². The monoisotopic (exact) mass is 305 g/mol. The zero-order valence-electron chi connectivity index (χ0n) is 11.1. The van der Waals surface area contributed by atoms with Crippen molar-refractivity contribution in [3.05, 3.63) is 23.8 Å². The van der Waals surface area contributed by atoms with E-state index >= 15 is 0 Å². The first-order valence-corrected chi connectivity index (χ1v) is 6.93. The number of rotatable bonds is 4. The van der Waals surface area contributed by atoms with E-state index in [1.54, 1.807) is 7.11 Å². The van der Waals surface area contributed by atoms with Gasteiger partial charge in [0.2, 0.25) is 0 Å². The Hall–Kier alpha value is -0.640. The highest BCUT2D eigenvalue weighted by atomic mass is 35.5. The predicted molar refractivity (Wildman–Crippen MR) is 80.7 cm³/mol. The molecule has 1 aromatic rings. The van der Waals surface area contributed by atoms with Crippen molar-refractivity contribution in [2.75, 3.05) is 7.11 Å². The molecule has 2 rings (SSSR count). The molecule has 1 aliphatic carbocycles. The van der Waals surface area contributed by atoms with Gasteiger partial charge in [0, 0.05) is 11.6 Å². The maximum atomic E-state index is 6.09. The number of ether oxygens (including phenoxy) is 2. The first-order chi connectivity index (χ1) is 8.74. The molecule has 0 spiro atoms. The van der Waals surface area contributed by atoms with Gasteiger partial charge in [0.05, 0.1) is 13.0 Å². The molecule has 3 nitrogen and oxygen atoms in total. The van der Waals surface area contributed by atoms with Crippen molar-refractivity contribution in [2.24, 2.45) is 5.73 Å². The largest absolute Gasteiger partial charge is 0.497 e. The molecule has 1 saturated carbocycles. The van der Waals surface area contributed by atoms with Gasteiger partial charge in [0.1, 0.15) is 17.6 Å². The van der Waals surface area contributed by atoms with Gasteiger partial charge >= 0.3 is 0 Å². The molecule has 1 aromatic carbocycles. The topological polar surface area (TPSA) is 44.5 Å². The molecule has 0 unspecified atom stereocenters. The van der Waals surface area contributed by atoms with Gasteiger partial charge in [-0.15, -0.1) is 24.0 Å². The Bertz CT molecular complexity index is 401. The molecule has 2 N–H and O–H groups in total. The molecule has 5 heteroatoms. The highest BCUT2D eigenvalue weighted by Crippen LogP contribution is 2.29. The van der Waals surface area contributed by atoms with Crippen LogP contribution in [-0.4, -0.2) is 19.3 Å². The Labute approximate surface area is 125 Å². The molecule has 19 heavy (non-hydrogen) atoms. The summed E-state index contributed by atoms with van der Waals surface area (Å²) < 4.78 is 11.2. The van der Waals surface area contributed by atoms with Crippen LogP contribution in [0.25, 0.3) is 0 Å². The second kappa shape index (κ2) is 7.83. The summed E-state index contributed by atoms with van der Waals surface area (Å²) in [5, 5.41) is 0. The van der Waals surface area contributed by atoms with Gasteiger partial charge in [0.15, 0.2) is 0 Å². The fourth-order valence-electron chi connectivity index (χ4n) is 2.34. The van der Waals surface area contributed by atoms with Crippen molar-refractivity contribution in [2.45, 2.75) is 43.7 Å². The minimum absolute atomic E-state index is 0. The van der Waals surface area contributed by atoms with Gasteiger partial charge in [-0.25, -0.2) is 0 Å². The average molecular weight is 306 g/mol. The molecule has 0 aromatic heterocycles. The summed E-state index contributed by atoms with van der Waals surface area (Å²) in [4.78, 5) is 0. The molecule has 0 radical (unpaired) electrons. The number of alkyl halides is 1. The molecule has 2 atom stereocenters. The van der Waals surface area contributed by atoms with Crippen molar-refractivity contribution in [1.29, 1.82) is 0 Å². The van der Waals surface area contributed by atoms with E-state index in [2.05, 4.69) is 0 Å². The fourth-order valence-corrected chi connectivity index (χ4v) is 2.55. The molecule has 0 aliphatic heterocycles. The zero-order valence-corrected chi connectivity index (χ0v) is 12.7. The summed E-state index contributed by atoms with van der Waals surface area (Å²) in [6.07, 6.45) is 4.55. The Morgan fingerprint density at radius 3 is 2.68 bits per heavy atom. The van der Waals surface area contributed by atoms with Crippen LogP contribution in [0.5, 0.6) is 11.5 Å². The van der Waals surface area contributed by atoms with E-state index in [0.717, 1.165) is 29.9 Å². The van der Waals surface area contributed by atoms with E-state index in [0.29, 0.717) is 5.88 Å². The second-order valence-corrected chi connectivity index (χ2v) is 4.98. The van der Waals surface area contributed by atoms with E-state index in [1.165, 1.54) is 12.8 Å². The van der Waals surface area contributed by atoms with Gasteiger partial charge in [-0.3, -0.25) is 0 Å². The summed E-state index contributed by atoms with van der Waals surface area (Å²) in [6, 6.07) is 5.85. The smallest absolute Gasteiger partial charge is 0.124 e. The molecule has 0 bridgehead atoms. The lowest BCUT2D eigenvalue weighted by Crippen LogP contribution is -2.41. The highest BCUT2D eigenvalue weighted by molar-refractivity contribution is 6.17. The van der Waals surface area contributed by atoms with E-state index in [-0.39, 0.29) is 24.6 Å². The van der Waals surface area contributed by atoms with Crippen LogP contribution < -0.4 is 15.2 Å². The van der Waals surface area contributed by atoms with E-state index in [4.69, 9.17) is 26.8 Å². The van der Waals surface area contributed by atoms with Crippen molar-refractivity contribution >= 4 is 24.0 Å². The Morgan fingerprint density at radius 2 is 2.05 bits per heavy atom. The summed E-state index contributed by atoms with van der Waals surface area (Å²) in [5.41, 5.74) is 7.04. The minimum atomic E-state index is 0. The van der Waals surface area contributed by atoms with Crippen molar-refractivity contribution in [3.8, 4) is 11.5 Å². The summed E-state index contributed by atoms with van der Waals surface area (Å²) in [6.45, 7) is 0. The maximum Gasteiger partial charge on any atom is 0.124 e. The average Bonchev–Trinajstić information content (AvgIpc) is 2.41. The molecule has 0 saturated heterocycles. The van der Waals surface area contributed by atoms with Gasteiger partial charge in [-0.05, 0) is 37.5 Å². The third-order valence-electron chi connectivity index (χ3n) is 3.44. The van der Waals surface area contributed by atoms with Crippen molar-refractivity contribution in [1.82, 2.24) is 0 Å². The molecular weight excluding hydrogens is 285 g/mol. The minimum Gasteiger partial charge on any atom is -0.497 e. The lowest BCUT2D eigenvalue weighted by atomic mass is 9.93. The summed E-state index contributed by atoms with van der Waals surface area (Å²) >= 11 is 5.95. The Kier molecular flexibility index (Phi) is 6.76. The first kappa shape index (κ1) is 16.4. The first-order valence-electron chi connectivity index (χ1n) is 6.39. The lowest BCUT2D eigenvalue weighted by Gasteiger charge is -2.29. The number of nitrogens with two attached hydrogens (primary N) is 1. The molecule has 0 amide bonds. The number of hydrogen-bond donors (Lipinski definition) is 1. The van der Waals surface area contributed by atoms with Crippen LogP contribution in [0.4, 0.5) is 0 Å². The fraction of sp³-hybridized carbons (Fsp3) is 0.571. The third-order valence-corrected chi connectivity index (χ3v) is 3.73. The van der Waals surface area contributed by atoms with Crippen LogP contribution in [-0.2, 0) is 5.88 Å². The van der Waals surface area contributed by atoms with E-state index < -0.39 is 0 Å². The number of methoxy groups -OCH3 is 1. The van der Waals surface area contributed by atoms with Crippen LogP contribution in [0, 0.1) is 0 Å². The quantitative estimate of drug-likeness (QED) is 0.866. The van der Waals surface area contributed by atoms with E-state index in [9.17, 15) is 0 Å². The molecular formula is C14H21Cl2NO2. The van der Waals surface area contributed by atoms with Crippen molar-refractivity contribution in [3.63, 3.8) is 0 Å². The third kappa shape index (κ3) is 4.16. The van der Waals surface area contributed by atoms with Crippen LogP contribution >= 0.6 is 24.0 Å². The summed E-state index contributed by atoms with van der Waals surface area (Å²) in [5.74, 6) is 2.04. The number of halogens is 2. The lowest BCUT2D eigenvalue weighted by molar-refractivity contribution is 0.131. The van der Waals surface area contributed by atoms with Gasteiger partial charge in [-0.1, -0.05) is 6.42 Å². The SMILES string of the molecule is COc1ccc(O[C@H]2CCCC[C@H]2N)c(CCl)c1.Cl. The number of benzene rings is 1. The van der Waals surface area contributed by atoms with Crippen LogP contribution in [0.1, 0.15) is 31.2 Å². The van der Waals surface area contributed by atoms with E-state index in [1.807, 2.05) is 18.2 Å².